The van der Waals surface area contributed by atoms with Gasteiger partial charge in [0.2, 0.25) is 0 Å². The lowest BCUT2D eigenvalue weighted by molar-refractivity contribution is -0.141. The quantitative estimate of drug-likeness (QED) is 0.575. The zero-order chi connectivity index (χ0) is 18.9. The molecule has 2 aromatic rings. The van der Waals surface area contributed by atoms with Crippen LogP contribution in [0.2, 0.25) is 0 Å². The monoisotopic (exact) mass is 363 g/mol. The highest BCUT2D eigenvalue weighted by molar-refractivity contribution is 5.98. The lowest BCUT2D eigenvalue weighted by Crippen LogP contribution is -2.31. The molecule has 1 N–H and O–H groups in total. The second-order valence-electron chi connectivity index (χ2n) is 5.04. The van der Waals surface area contributed by atoms with Crippen LogP contribution in [0.25, 0.3) is 0 Å². The third-order valence-electron chi connectivity index (χ3n) is 3.19. The molecule has 0 aliphatic carbocycles. The van der Waals surface area contributed by atoms with Gasteiger partial charge in [0.05, 0.1) is 0 Å². The summed E-state index contributed by atoms with van der Waals surface area (Å²) in [5, 5.41) is 2.38. The van der Waals surface area contributed by atoms with E-state index in [0.29, 0.717) is 5.56 Å². The zero-order valence-electron chi connectivity index (χ0n) is 13.5. The van der Waals surface area contributed by atoms with Gasteiger partial charge in [-0.25, -0.2) is 0 Å². The summed E-state index contributed by atoms with van der Waals surface area (Å²) in [7, 11) is 0. The largest absolute Gasteiger partial charge is 0.456 e. The number of carbonyl (C=O) groups excluding carboxylic acids is 3. The van der Waals surface area contributed by atoms with Gasteiger partial charge in [-0.05, 0) is 36.4 Å². The van der Waals surface area contributed by atoms with E-state index < -0.39 is 30.9 Å². The maximum Gasteiger partial charge on any atom is 0.387 e. The van der Waals surface area contributed by atoms with Crippen LogP contribution >= 0.6 is 0 Å². The number of Topliss-reactive ketones (excluding diaryl/α,β-unsaturated/α-hetero) is 1. The van der Waals surface area contributed by atoms with Crippen LogP contribution < -0.4 is 10.1 Å². The van der Waals surface area contributed by atoms with Crippen LogP contribution in [-0.4, -0.2) is 37.4 Å². The summed E-state index contributed by atoms with van der Waals surface area (Å²) in [6.07, 6.45) is 0. The van der Waals surface area contributed by atoms with Crippen molar-refractivity contribution >= 4 is 17.7 Å². The van der Waals surface area contributed by atoms with Crippen LogP contribution in [0, 0.1) is 0 Å². The Morgan fingerprint density at radius 2 is 1.58 bits per heavy atom. The van der Waals surface area contributed by atoms with Crippen molar-refractivity contribution in [2.45, 2.75) is 6.61 Å². The number of amides is 1. The topological polar surface area (TPSA) is 81.7 Å². The first-order valence-electron chi connectivity index (χ1n) is 7.52. The fourth-order valence-electron chi connectivity index (χ4n) is 1.95. The van der Waals surface area contributed by atoms with Crippen LogP contribution in [-0.2, 0) is 9.53 Å². The number of ether oxygens (including phenoxy) is 2. The number of esters is 1. The first kappa shape index (κ1) is 19.0. The maximum absolute atomic E-state index is 12.1. The van der Waals surface area contributed by atoms with Gasteiger partial charge in [0.25, 0.3) is 5.91 Å². The Morgan fingerprint density at radius 3 is 2.19 bits per heavy atom. The van der Waals surface area contributed by atoms with Crippen molar-refractivity contribution in [3.63, 3.8) is 0 Å². The van der Waals surface area contributed by atoms with Crippen molar-refractivity contribution in [2.75, 3.05) is 13.2 Å². The molecular formula is C18H15F2NO5. The lowest BCUT2D eigenvalue weighted by atomic mass is 10.1. The summed E-state index contributed by atoms with van der Waals surface area (Å²) in [5.41, 5.74) is 0.565. The number of ketones is 1. The molecule has 0 aromatic heterocycles. The minimum Gasteiger partial charge on any atom is -0.456 e. The Morgan fingerprint density at radius 1 is 0.923 bits per heavy atom. The number of halogens is 2. The molecule has 136 valence electrons. The molecule has 1 amide bonds. The number of hydrogen-bond acceptors (Lipinski definition) is 5. The van der Waals surface area contributed by atoms with Gasteiger partial charge < -0.3 is 14.8 Å². The lowest BCUT2D eigenvalue weighted by Gasteiger charge is -2.07. The fraction of sp³-hybridized carbons (Fsp3) is 0.167. The van der Waals surface area contributed by atoms with Crippen LogP contribution in [0.4, 0.5) is 8.78 Å². The second-order valence-corrected chi connectivity index (χ2v) is 5.04. The molecule has 0 atom stereocenters. The fourth-order valence-corrected chi connectivity index (χ4v) is 1.95. The molecular weight excluding hydrogens is 348 g/mol. The smallest absolute Gasteiger partial charge is 0.387 e. The first-order valence-corrected chi connectivity index (χ1v) is 7.52. The molecule has 0 heterocycles. The van der Waals surface area contributed by atoms with Gasteiger partial charge in [0.15, 0.2) is 12.4 Å². The van der Waals surface area contributed by atoms with Crippen molar-refractivity contribution in [3.05, 3.63) is 65.7 Å². The first-order chi connectivity index (χ1) is 12.5. The van der Waals surface area contributed by atoms with E-state index in [1.807, 2.05) is 0 Å². The third-order valence-corrected chi connectivity index (χ3v) is 3.19. The van der Waals surface area contributed by atoms with Crippen LogP contribution in [0.5, 0.6) is 5.75 Å². The molecule has 0 spiro atoms. The minimum absolute atomic E-state index is 0.0860. The number of carbonyl (C=O) groups is 3. The highest BCUT2D eigenvalue weighted by Gasteiger charge is 2.12. The van der Waals surface area contributed by atoms with Crippen LogP contribution in [0.15, 0.2) is 54.6 Å². The zero-order valence-corrected chi connectivity index (χ0v) is 13.5. The van der Waals surface area contributed by atoms with E-state index in [2.05, 4.69) is 10.1 Å². The summed E-state index contributed by atoms with van der Waals surface area (Å²) in [6, 6.07) is 13.3. The predicted octanol–water partition coefficient (Wildman–Crippen LogP) is 2.44. The highest BCUT2D eigenvalue weighted by atomic mass is 19.3. The molecule has 0 fully saturated rings. The molecule has 0 radical (unpaired) electrons. The van der Waals surface area contributed by atoms with Gasteiger partial charge in [-0.1, -0.05) is 18.2 Å². The summed E-state index contributed by atoms with van der Waals surface area (Å²) >= 11 is 0. The second kappa shape index (κ2) is 9.26. The van der Waals surface area contributed by atoms with Crippen molar-refractivity contribution in [2.24, 2.45) is 0 Å². The van der Waals surface area contributed by atoms with Crippen molar-refractivity contribution < 1.29 is 32.6 Å². The van der Waals surface area contributed by atoms with Crippen molar-refractivity contribution in [1.29, 1.82) is 0 Å². The molecule has 26 heavy (non-hydrogen) atoms. The van der Waals surface area contributed by atoms with E-state index in [1.54, 1.807) is 30.3 Å². The van der Waals surface area contributed by atoms with Crippen molar-refractivity contribution in [3.8, 4) is 5.75 Å². The average Bonchev–Trinajstić information content (AvgIpc) is 2.65. The Hall–Kier alpha value is -3.29. The van der Waals surface area contributed by atoms with Crippen LogP contribution in [0.3, 0.4) is 0 Å². The molecule has 0 saturated heterocycles. The number of alkyl halides is 2. The molecule has 0 aliphatic heterocycles. The standard InChI is InChI=1S/C18H15F2NO5/c19-18(20)26-14-8-6-12(7-9-14)15(22)11-25-16(23)10-21-17(24)13-4-2-1-3-5-13/h1-9,18H,10-11H2,(H,21,24). The Kier molecular flexibility index (Phi) is 6.78. The molecule has 2 rings (SSSR count). The average molecular weight is 363 g/mol. The van der Waals surface area contributed by atoms with Gasteiger partial charge in [-0.2, -0.15) is 8.78 Å². The number of rotatable bonds is 8. The molecule has 0 saturated carbocycles. The molecule has 2 aromatic carbocycles. The maximum atomic E-state index is 12.1. The summed E-state index contributed by atoms with van der Waals surface area (Å²) in [4.78, 5) is 35.3. The Labute approximate surface area is 147 Å². The molecule has 8 heteroatoms. The van der Waals surface area contributed by atoms with Gasteiger partial charge >= 0.3 is 12.6 Å². The SMILES string of the molecule is O=C(CNC(=O)c1ccccc1)OCC(=O)c1ccc(OC(F)F)cc1. The van der Waals surface area contributed by atoms with Gasteiger partial charge in [0, 0.05) is 11.1 Å². The number of benzene rings is 2. The van der Waals surface area contributed by atoms with E-state index in [9.17, 15) is 23.2 Å². The van der Waals surface area contributed by atoms with Crippen molar-refractivity contribution in [1.82, 2.24) is 5.32 Å². The summed E-state index contributed by atoms with van der Waals surface area (Å²) in [6.45, 7) is -3.87. The van der Waals surface area contributed by atoms with E-state index >= 15 is 0 Å². The van der Waals surface area contributed by atoms with E-state index in [4.69, 9.17) is 4.74 Å². The third kappa shape index (κ3) is 5.97. The minimum atomic E-state index is -2.95. The van der Waals surface area contributed by atoms with E-state index in [1.165, 1.54) is 24.3 Å². The molecule has 6 nitrogen and oxygen atoms in total. The molecule has 0 unspecified atom stereocenters. The van der Waals surface area contributed by atoms with Gasteiger partial charge in [-0.15, -0.1) is 0 Å². The highest BCUT2D eigenvalue weighted by Crippen LogP contribution is 2.15. The van der Waals surface area contributed by atoms with Gasteiger partial charge in [-0.3, -0.25) is 14.4 Å². The summed E-state index contributed by atoms with van der Waals surface area (Å²) < 4.78 is 33.1. The van der Waals surface area contributed by atoms with E-state index in [-0.39, 0.29) is 17.9 Å². The predicted molar refractivity (Wildman–Crippen MR) is 87.1 cm³/mol. The molecule has 0 aliphatic rings. The Bertz CT molecular complexity index is 763. The molecule has 0 bridgehead atoms. The van der Waals surface area contributed by atoms with E-state index in [0.717, 1.165) is 0 Å². The van der Waals surface area contributed by atoms with Crippen LogP contribution in [0.1, 0.15) is 20.7 Å². The number of hydrogen-bond donors (Lipinski definition) is 1. The summed E-state index contributed by atoms with van der Waals surface area (Å²) in [5.74, 6) is -1.82. The normalized spacial score (nSPS) is 10.3. The number of nitrogens with one attached hydrogen (secondary N) is 1. The Balaban J connectivity index is 1.76. The van der Waals surface area contributed by atoms with Gasteiger partial charge in [0.1, 0.15) is 12.3 Å².